The van der Waals surface area contributed by atoms with E-state index in [4.69, 9.17) is 5.11 Å². The number of hydrogen-bond donors (Lipinski definition) is 2. The number of aliphatic hydroxyl groups is 1. The van der Waals surface area contributed by atoms with Gasteiger partial charge in [-0.2, -0.15) is 0 Å². The molecule has 0 aromatic heterocycles. The van der Waals surface area contributed by atoms with Crippen LogP contribution in [0.15, 0.2) is 29.2 Å². The molecule has 3 heteroatoms. The summed E-state index contributed by atoms with van der Waals surface area (Å²) in [7, 11) is 0. The third-order valence-corrected chi connectivity index (χ3v) is 3.42. The van der Waals surface area contributed by atoms with E-state index in [0.717, 1.165) is 12.8 Å². The van der Waals surface area contributed by atoms with Crippen LogP contribution in [-0.2, 0) is 6.42 Å². The van der Waals surface area contributed by atoms with E-state index in [2.05, 4.69) is 42.8 Å². The lowest BCUT2D eigenvalue weighted by molar-refractivity contribution is 0.282. The molecule has 0 bridgehead atoms. The van der Waals surface area contributed by atoms with Crippen LogP contribution in [0.4, 0.5) is 0 Å². The third kappa shape index (κ3) is 4.56. The van der Waals surface area contributed by atoms with Crippen LogP contribution >= 0.6 is 11.8 Å². The molecule has 0 aliphatic rings. The van der Waals surface area contributed by atoms with Crippen LogP contribution in [0.2, 0.25) is 0 Å². The first-order chi connectivity index (χ1) is 7.80. The van der Waals surface area contributed by atoms with Gasteiger partial charge in [-0.3, -0.25) is 0 Å². The summed E-state index contributed by atoms with van der Waals surface area (Å²) in [5, 5.41) is 12.1. The molecule has 0 aliphatic carbocycles. The van der Waals surface area contributed by atoms with Crippen molar-refractivity contribution in [2.24, 2.45) is 0 Å². The number of nitrogens with one attached hydrogen (secondary N) is 1. The Morgan fingerprint density at radius 3 is 2.50 bits per heavy atom. The molecule has 1 aromatic rings. The highest BCUT2D eigenvalue weighted by Crippen LogP contribution is 2.16. The summed E-state index contributed by atoms with van der Waals surface area (Å²) in [6.45, 7) is 3.06. The van der Waals surface area contributed by atoms with E-state index in [1.807, 2.05) is 0 Å². The highest BCUT2D eigenvalue weighted by Gasteiger charge is 2.05. The highest BCUT2D eigenvalue weighted by molar-refractivity contribution is 7.98. The molecule has 0 heterocycles. The Bertz CT molecular complexity index is 286. The van der Waals surface area contributed by atoms with E-state index in [0.29, 0.717) is 12.6 Å². The van der Waals surface area contributed by atoms with Gasteiger partial charge in [0.2, 0.25) is 0 Å². The predicted molar refractivity (Wildman–Crippen MR) is 71.1 cm³/mol. The van der Waals surface area contributed by atoms with Gasteiger partial charge in [-0.25, -0.2) is 0 Å². The minimum atomic E-state index is 0.210. The van der Waals surface area contributed by atoms with Crippen LogP contribution in [0.25, 0.3) is 0 Å². The molecule has 2 N–H and O–H groups in total. The SMILES string of the molecule is CCC(Cc1ccc(SC)cc1)NCCO. The van der Waals surface area contributed by atoms with Crippen LogP contribution < -0.4 is 5.32 Å². The summed E-state index contributed by atoms with van der Waals surface area (Å²) >= 11 is 1.77. The molecule has 1 rings (SSSR count). The van der Waals surface area contributed by atoms with Gasteiger partial charge in [0.25, 0.3) is 0 Å². The fourth-order valence-electron chi connectivity index (χ4n) is 1.68. The molecule has 0 saturated heterocycles. The molecule has 0 aliphatic heterocycles. The number of hydrogen-bond acceptors (Lipinski definition) is 3. The molecule has 1 unspecified atom stereocenters. The number of thioether (sulfide) groups is 1. The summed E-state index contributed by atoms with van der Waals surface area (Å²) in [6.07, 6.45) is 4.21. The molecule has 0 amide bonds. The Kier molecular flexibility index (Phi) is 6.53. The summed E-state index contributed by atoms with van der Waals surface area (Å²) < 4.78 is 0. The Balaban J connectivity index is 2.49. The highest BCUT2D eigenvalue weighted by atomic mass is 32.2. The molecule has 0 radical (unpaired) electrons. The number of aliphatic hydroxyl groups excluding tert-OH is 1. The van der Waals surface area contributed by atoms with Gasteiger partial charge in [-0.1, -0.05) is 19.1 Å². The quantitative estimate of drug-likeness (QED) is 0.716. The van der Waals surface area contributed by atoms with Crippen LogP contribution in [0.5, 0.6) is 0 Å². The van der Waals surface area contributed by atoms with E-state index in [1.165, 1.54) is 10.5 Å². The lowest BCUT2D eigenvalue weighted by Crippen LogP contribution is -2.32. The van der Waals surface area contributed by atoms with E-state index in [9.17, 15) is 0 Å². The van der Waals surface area contributed by atoms with Crippen molar-refractivity contribution in [2.75, 3.05) is 19.4 Å². The first-order valence-electron chi connectivity index (χ1n) is 5.77. The fraction of sp³-hybridized carbons (Fsp3) is 0.538. The molecule has 1 aromatic carbocycles. The average molecular weight is 239 g/mol. The second-order valence-electron chi connectivity index (χ2n) is 3.84. The molecule has 16 heavy (non-hydrogen) atoms. The van der Waals surface area contributed by atoms with Gasteiger partial charge in [0, 0.05) is 17.5 Å². The van der Waals surface area contributed by atoms with E-state index in [1.54, 1.807) is 11.8 Å². The van der Waals surface area contributed by atoms with Crippen molar-refractivity contribution in [1.82, 2.24) is 5.32 Å². The maximum Gasteiger partial charge on any atom is 0.0556 e. The number of benzene rings is 1. The molecule has 0 spiro atoms. The van der Waals surface area contributed by atoms with Gasteiger partial charge >= 0.3 is 0 Å². The minimum absolute atomic E-state index is 0.210. The Labute approximate surface area is 102 Å². The molecular weight excluding hydrogens is 218 g/mol. The summed E-state index contributed by atoms with van der Waals surface area (Å²) in [5.74, 6) is 0. The monoisotopic (exact) mass is 239 g/mol. The Morgan fingerprint density at radius 2 is 2.00 bits per heavy atom. The maximum absolute atomic E-state index is 8.78. The van der Waals surface area contributed by atoms with Crippen molar-refractivity contribution >= 4 is 11.8 Å². The fourth-order valence-corrected chi connectivity index (χ4v) is 2.08. The van der Waals surface area contributed by atoms with Crippen molar-refractivity contribution < 1.29 is 5.11 Å². The second-order valence-corrected chi connectivity index (χ2v) is 4.71. The van der Waals surface area contributed by atoms with Crippen molar-refractivity contribution in [3.05, 3.63) is 29.8 Å². The smallest absolute Gasteiger partial charge is 0.0556 e. The lowest BCUT2D eigenvalue weighted by Gasteiger charge is -2.16. The minimum Gasteiger partial charge on any atom is -0.395 e. The average Bonchev–Trinajstić information content (AvgIpc) is 2.35. The molecule has 90 valence electrons. The number of rotatable bonds is 7. The van der Waals surface area contributed by atoms with Crippen LogP contribution in [0.3, 0.4) is 0 Å². The van der Waals surface area contributed by atoms with Gasteiger partial charge in [0.1, 0.15) is 0 Å². The zero-order valence-electron chi connectivity index (χ0n) is 10.1. The molecule has 2 nitrogen and oxygen atoms in total. The maximum atomic E-state index is 8.78. The first-order valence-corrected chi connectivity index (χ1v) is 6.99. The van der Waals surface area contributed by atoms with E-state index in [-0.39, 0.29) is 6.61 Å². The van der Waals surface area contributed by atoms with Crippen molar-refractivity contribution in [1.29, 1.82) is 0 Å². The van der Waals surface area contributed by atoms with Crippen LogP contribution in [-0.4, -0.2) is 30.6 Å². The van der Waals surface area contributed by atoms with Crippen molar-refractivity contribution in [3.8, 4) is 0 Å². The second kappa shape index (κ2) is 7.71. The van der Waals surface area contributed by atoms with Gasteiger partial charge in [-0.05, 0) is 36.8 Å². The molecule has 0 saturated carbocycles. The largest absolute Gasteiger partial charge is 0.395 e. The van der Waals surface area contributed by atoms with Crippen molar-refractivity contribution in [3.63, 3.8) is 0 Å². The van der Waals surface area contributed by atoms with Gasteiger partial charge in [0.15, 0.2) is 0 Å². The summed E-state index contributed by atoms with van der Waals surface area (Å²) in [5.41, 5.74) is 1.36. The van der Waals surface area contributed by atoms with E-state index < -0.39 is 0 Å². The van der Waals surface area contributed by atoms with Gasteiger partial charge < -0.3 is 10.4 Å². The Morgan fingerprint density at radius 1 is 1.31 bits per heavy atom. The van der Waals surface area contributed by atoms with Crippen LogP contribution in [0.1, 0.15) is 18.9 Å². The molecular formula is C13H21NOS. The summed E-state index contributed by atoms with van der Waals surface area (Å²) in [6, 6.07) is 9.18. The standard InChI is InChI=1S/C13H21NOS/c1-3-12(14-8-9-15)10-11-4-6-13(16-2)7-5-11/h4-7,12,14-15H,3,8-10H2,1-2H3. The van der Waals surface area contributed by atoms with E-state index >= 15 is 0 Å². The lowest BCUT2D eigenvalue weighted by atomic mass is 10.0. The molecule has 1 atom stereocenters. The Hall–Kier alpha value is -0.510. The first kappa shape index (κ1) is 13.6. The summed E-state index contributed by atoms with van der Waals surface area (Å²) in [4.78, 5) is 1.31. The third-order valence-electron chi connectivity index (χ3n) is 2.68. The zero-order chi connectivity index (χ0) is 11.8. The predicted octanol–water partition coefficient (Wildman–Crippen LogP) is 2.31. The normalized spacial score (nSPS) is 12.7. The topological polar surface area (TPSA) is 32.3 Å². The van der Waals surface area contributed by atoms with Crippen LogP contribution in [0, 0.1) is 0 Å². The molecule has 0 fully saturated rings. The van der Waals surface area contributed by atoms with Gasteiger partial charge in [0.05, 0.1) is 6.61 Å². The van der Waals surface area contributed by atoms with Gasteiger partial charge in [-0.15, -0.1) is 11.8 Å². The van der Waals surface area contributed by atoms with Crippen molar-refractivity contribution in [2.45, 2.75) is 30.7 Å². The zero-order valence-corrected chi connectivity index (χ0v) is 10.9.